The van der Waals surface area contributed by atoms with Crippen molar-refractivity contribution in [3.63, 3.8) is 0 Å². The Kier molecular flexibility index (Phi) is 32.4. The molecule has 5 amide bonds. The number of aliphatic hydroxyl groups excluding tert-OH is 6. The Hall–Kier alpha value is -10.1. The van der Waals surface area contributed by atoms with Gasteiger partial charge in [0.2, 0.25) is 29.5 Å². The SMILES string of the molecule is CCC1(CC)O[C@@H](N2C=CC(=O)CC2=O)C[C@@H]1C.CC[C@@]12COc3nc(=O)ccn3[C@@H](C[C@@H]1C)O2.C[C@H]1C[C@H](N2C=CC(=O)CC2=O)OC1(CO)CO.C[C@H]1C[C@H](N2C=CC(=O)CC2=O)O[C@@H]1CO.C[C@H]1C[C@H](N2C=CC(=O)CC2=O)O[C@@]1(CO)CN=[N+]=[N-].C[C@H]1C[C@H]2O[C@]1(CN=[N+]=[N-])COc1nc(=O)ccn12.O=C1C=CN([C@H]2C[C@H](O)[C@@H](CO)O2)C(=O)C1. The number of ketones is 5. The average Bonchev–Trinajstić information content (AvgIpc) is 1.62. The largest absolute Gasteiger partial charge is 0.461 e. The van der Waals surface area contributed by atoms with Gasteiger partial charge in [0.25, 0.3) is 11.1 Å². The van der Waals surface area contributed by atoms with Crippen molar-refractivity contribution in [1.82, 2.24) is 43.6 Å². The van der Waals surface area contributed by atoms with Crippen molar-refractivity contribution in [1.29, 1.82) is 0 Å². The summed E-state index contributed by atoms with van der Waals surface area (Å²) in [6.45, 7) is 18.1. The Balaban J connectivity index is 0.000000151. The third-order valence-electron chi connectivity index (χ3n) is 25.5. The molecule has 42 nitrogen and oxygen atoms in total. The number of allylic oxidation sites excluding steroid dienone is 5. The molecule has 19 atom stereocenters. The molecule has 6 N–H and O–H groups in total. The fourth-order valence-electron chi connectivity index (χ4n) is 17.2. The van der Waals surface area contributed by atoms with Crippen LogP contribution in [0.3, 0.4) is 0 Å². The lowest BCUT2D eigenvalue weighted by molar-refractivity contribution is -0.162. The van der Waals surface area contributed by atoms with Crippen LogP contribution in [0.2, 0.25) is 0 Å². The van der Waals surface area contributed by atoms with E-state index in [-0.39, 0.29) is 233 Å². The summed E-state index contributed by atoms with van der Waals surface area (Å²) in [5.74, 6) is -1.24. The summed E-state index contributed by atoms with van der Waals surface area (Å²) in [7, 11) is 0. The maximum Gasteiger partial charge on any atom is 0.301 e. The molecule has 7 fully saturated rings. The van der Waals surface area contributed by atoms with Gasteiger partial charge in [0.1, 0.15) is 85.3 Å². The molecule has 0 spiro atoms. The quantitative estimate of drug-likeness (QED) is 0.0568. The second kappa shape index (κ2) is 41.8. The van der Waals surface area contributed by atoms with E-state index >= 15 is 0 Å². The Morgan fingerprint density at radius 1 is 0.411 bits per heavy atom. The highest BCUT2D eigenvalue weighted by atomic mass is 16.6. The molecule has 0 unspecified atom stereocenters. The summed E-state index contributed by atoms with van der Waals surface area (Å²) in [4.78, 5) is 157. The van der Waals surface area contributed by atoms with Gasteiger partial charge in [-0.2, -0.15) is 9.97 Å². The van der Waals surface area contributed by atoms with E-state index < -0.39 is 47.7 Å². The first-order valence-electron chi connectivity index (χ1n) is 41.6. The van der Waals surface area contributed by atoms with Crippen LogP contribution in [-0.4, -0.2) is 269 Å². The summed E-state index contributed by atoms with van der Waals surface area (Å²) in [5, 5.41) is 62.8. The van der Waals surface area contributed by atoms with Crippen LogP contribution in [0.15, 0.2) is 106 Å². The van der Waals surface area contributed by atoms with Crippen molar-refractivity contribution in [2.75, 3.05) is 59.3 Å². The molecule has 676 valence electrons. The number of amides is 5. The second-order valence-corrected chi connectivity index (χ2v) is 33.1. The standard InChI is InChI=1S/C14H21NO3.C12H16N4O4.C12H16N2O3.C12H17NO5.C11H13N5O3.C11H15NO4.C10H13NO5/c1-4-14(5-2)10(3)8-13(18-14)15-7-6-11(16)9-12(15)17;1-8-4-11(16-3-2-9(18)5-10(16)19)20-12(8,7-17)6-14-15-13;1-3-12-7-16-11-13-9(15)4-5-14(11)10(17-12)6-8(12)2;1-8-4-11(18-12(8,6-14)7-15)13-3-2-9(16)5-10(13)17;1-7-4-9-16-3-2-8(17)14-10(16)18-6-11(7,19-9)5-13-15-12;1-7-4-11(16-9(7)6-13)12-3-2-8(14)5-10(12)15;12-5-8-7(14)4-10(16-8)11-2-1-6(13)3-9(11)15/h6-7,10,13H,4-5,8-9H2,1-3H3;2-3,8,11,17H,4-7H2,1H3;4-5,8,10H,3,6-7H2,1-2H3;2-3,8,11,14-15H,4-7H2,1H3;2-3,7,9H,4-6H2,1H3;2-3,7,9,11,13H,4-6H2,1H3;1-2,7-8,10,12,14H,3-5H2/t10-,13+;8-,11+,12+;8-,10+,12+;8-,11+;2*7-,9+,11+;7-,8+,10+/m0000000/s1. The Labute approximate surface area is 713 Å². The van der Waals surface area contributed by atoms with E-state index in [0.717, 1.165) is 38.5 Å². The van der Waals surface area contributed by atoms with Crippen LogP contribution < -0.4 is 20.6 Å². The van der Waals surface area contributed by atoms with Crippen molar-refractivity contribution >= 4 is 58.5 Å². The number of carbonyl (C=O) groups is 10. The molecular weight excluding hydrogens is 1630 g/mol. The first-order chi connectivity index (χ1) is 59.1. The number of rotatable bonds is 17. The lowest BCUT2D eigenvalue weighted by Gasteiger charge is -2.33. The number of hydrogen-bond acceptors (Lipinski definition) is 31. The molecule has 124 heavy (non-hydrogen) atoms. The predicted octanol–water partition coefficient (Wildman–Crippen LogP) is 3.77. The zero-order chi connectivity index (χ0) is 90.3. The number of carbonyl (C=O) groups excluding carboxylic acids is 10. The van der Waals surface area contributed by atoms with E-state index in [4.69, 9.17) is 63.9 Å². The summed E-state index contributed by atoms with van der Waals surface area (Å²) in [6, 6.07) is 3.45. The molecule has 14 aliphatic rings. The van der Waals surface area contributed by atoms with Crippen LogP contribution in [0.1, 0.15) is 171 Å². The molecule has 4 bridgehead atoms. The molecule has 7 saturated heterocycles. The van der Waals surface area contributed by atoms with Crippen LogP contribution in [0.5, 0.6) is 12.0 Å². The highest BCUT2D eigenvalue weighted by Gasteiger charge is 2.54. The zero-order valence-corrected chi connectivity index (χ0v) is 70.8. The van der Waals surface area contributed by atoms with E-state index in [1.165, 1.54) is 86.9 Å². The van der Waals surface area contributed by atoms with Crippen molar-refractivity contribution < 1.29 is 121 Å². The third-order valence-corrected chi connectivity index (χ3v) is 25.5. The van der Waals surface area contributed by atoms with Crippen molar-refractivity contribution in [2.24, 2.45) is 45.7 Å². The lowest BCUT2D eigenvalue weighted by atomic mass is 9.84. The molecule has 42 heteroatoms. The number of aliphatic hydroxyl groups is 6. The lowest BCUT2D eigenvalue weighted by Crippen LogP contribution is -2.45. The maximum atomic E-state index is 11.9. The number of nitrogens with zero attached hydrogens (tertiary/aromatic N) is 15. The topological polar surface area (TPSA) is 559 Å². The number of ether oxygens (including phenoxy) is 9. The fraction of sp³-hybridized carbons (Fsp3) is 0.659. The van der Waals surface area contributed by atoms with Gasteiger partial charge in [-0.25, -0.2) is 0 Å². The Bertz CT molecular complexity index is 4510. The predicted molar refractivity (Wildman–Crippen MR) is 430 cm³/mol. The summed E-state index contributed by atoms with van der Waals surface area (Å²) >= 11 is 0. The molecule has 0 saturated carbocycles. The molecule has 2 aromatic rings. The van der Waals surface area contributed by atoms with Crippen LogP contribution in [0.4, 0.5) is 0 Å². The van der Waals surface area contributed by atoms with Crippen molar-refractivity contribution in [3.8, 4) is 12.0 Å². The Morgan fingerprint density at radius 2 is 0.750 bits per heavy atom. The monoisotopic (exact) mass is 1740 g/mol. The number of azide groups is 2. The normalized spacial score (nSPS) is 33.1. The molecule has 16 rings (SSSR count). The summed E-state index contributed by atoms with van der Waals surface area (Å²) in [6.07, 6.45) is 19.9. The zero-order valence-electron chi connectivity index (χ0n) is 70.8. The molecule has 0 aromatic carbocycles. The van der Waals surface area contributed by atoms with Gasteiger partial charge < -0.3 is 73.3 Å². The van der Waals surface area contributed by atoms with Gasteiger partial charge in [-0.15, -0.1) is 0 Å². The molecular formula is C82H111N15O27. The fourth-order valence-corrected chi connectivity index (χ4v) is 17.2. The molecule has 2 aromatic heterocycles. The van der Waals surface area contributed by atoms with Gasteiger partial charge in [0, 0.05) is 71.8 Å². The molecule has 16 heterocycles. The first-order valence-corrected chi connectivity index (χ1v) is 41.6. The highest BCUT2D eigenvalue weighted by Crippen LogP contribution is 2.49. The minimum absolute atomic E-state index is 0.00232. The number of aromatic nitrogens is 4. The van der Waals surface area contributed by atoms with Crippen molar-refractivity contribution in [2.45, 2.75) is 249 Å². The van der Waals surface area contributed by atoms with E-state index in [9.17, 15) is 78.0 Å². The van der Waals surface area contributed by atoms with Gasteiger partial charge >= 0.3 is 12.0 Å². The van der Waals surface area contributed by atoms with Crippen LogP contribution in [0, 0.1) is 35.5 Å². The first kappa shape index (κ1) is 96.1. The molecule has 14 aliphatic heterocycles. The van der Waals surface area contributed by atoms with E-state index in [0.29, 0.717) is 43.7 Å². The smallest absolute Gasteiger partial charge is 0.301 e. The average molecular weight is 1740 g/mol. The van der Waals surface area contributed by atoms with Crippen LogP contribution in [-0.2, 0) is 81.1 Å². The van der Waals surface area contributed by atoms with Gasteiger partial charge in [-0.05, 0) is 135 Å². The summed E-state index contributed by atoms with van der Waals surface area (Å²) in [5.41, 5.74) is 13.3. The van der Waals surface area contributed by atoms with E-state index in [1.807, 2.05) is 32.3 Å². The third kappa shape index (κ3) is 21.7. The molecule has 0 aliphatic carbocycles. The van der Waals surface area contributed by atoms with Crippen molar-refractivity contribution in [3.05, 3.63) is 127 Å². The van der Waals surface area contributed by atoms with Gasteiger partial charge in [-0.1, -0.05) is 72.5 Å². The van der Waals surface area contributed by atoms with Crippen LogP contribution in [0.25, 0.3) is 20.9 Å². The van der Waals surface area contributed by atoms with E-state index in [1.54, 1.807) is 28.1 Å². The van der Waals surface area contributed by atoms with Gasteiger partial charge in [-0.3, -0.25) is 91.2 Å². The minimum atomic E-state index is -1.01. The number of fused-ring (bicyclic) bond motifs is 8. The number of hydrogen-bond donors (Lipinski definition) is 6. The summed E-state index contributed by atoms with van der Waals surface area (Å²) < 4.78 is 55.4. The minimum Gasteiger partial charge on any atom is -0.461 e. The van der Waals surface area contributed by atoms with Gasteiger partial charge in [0.15, 0.2) is 28.9 Å². The second-order valence-electron chi connectivity index (χ2n) is 33.1. The van der Waals surface area contributed by atoms with E-state index in [2.05, 4.69) is 64.6 Å². The maximum absolute atomic E-state index is 11.9. The molecule has 0 radical (unpaired) electrons. The van der Waals surface area contributed by atoms with Crippen LogP contribution >= 0.6 is 0 Å². The Morgan fingerprint density at radius 3 is 1.10 bits per heavy atom. The van der Waals surface area contributed by atoms with Gasteiger partial charge in [0.05, 0.1) is 96.0 Å². The highest BCUT2D eigenvalue weighted by molar-refractivity contribution is 6.08.